The van der Waals surface area contributed by atoms with Crippen molar-refractivity contribution in [2.75, 3.05) is 26.8 Å². The zero-order valence-corrected chi connectivity index (χ0v) is 13.5. The second-order valence-electron chi connectivity index (χ2n) is 5.87. The largest absolute Gasteiger partial charge is 0.396 e. The number of carbonyl (C=O) groups is 1. The third-order valence-electron chi connectivity index (χ3n) is 4.20. The summed E-state index contributed by atoms with van der Waals surface area (Å²) in [6.45, 7) is 0.311. The molecule has 2 atom stereocenters. The highest BCUT2D eigenvalue weighted by molar-refractivity contribution is 5.94. The number of ether oxygens (including phenoxy) is 1. The molecule has 25 heavy (non-hydrogen) atoms. The Morgan fingerprint density at radius 3 is 2.96 bits per heavy atom. The predicted molar refractivity (Wildman–Crippen MR) is 80.6 cm³/mol. The van der Waals surface area contributed by atoms with Crippen molar-refractivity contribution in [1.29, 1.82) is 0 Å². The van der Waals surface area contributed by atoms with E-state index < -0.39 is 17.5 Å². The number of nitrogens with zero attached hydrogens (tertiary/aromatic N) is 3. The van der Waals surface area contributed by atoms with E-state index in [1.54, 1.807) is 0 Å². The van der Waals surface area contributed by atoms with Gasteiger partial charge in [-0.1, -0.05) is 5.16 Å². The SMILES string of the molecule is COCc1noc([C@@H]2CN(C(=O)c3cc(F)ccc3F)C[C@H]2CO)n1. The Bertz CT molecular complexity index is 768. The van der Waals surface area contributed by atoms with E-state index in [4.69, 9.17) is 9.26 Å². The third kappa shape index (κ3) is 3.52. The van der Waals surface area contributed by atoms with Gasteiger partial charge in [-0.15, -0.1) is 0 Å². The molecule has 1 amide bonds. The molecular weight excluding hydrogens is 336 g/mol. The van der Waals surface area contributed by atoms with Crippen molar-refractivity contribution >= 4 is 5.91 Å². The molecule has 1 aromatic carbocycles. The molecule has 2 aromatic rings. The van der Waals surface area contributed by atoms with Gasteiger partial charge < -0.3 is 19.3 Å². The average molecular weight is 353 g/mol. The maximum absolute atomic E-state index is 13.8. The van der Waals surface area contributed by atoms with Crippen LogP contribution < -0.4 is 0 Å². The summed E-state index contributed by atoms with van der Waals surface area (Å²) in [5.74, 6) is -2.22. The lowest BCUT2D eigenvalue weighted by molar-refractivity contribution is 0.0776. The first-order valence-electron chi connectivity index (χ1n) is 7.70. The van der Waals surface area contributed by atoms with Crippen LogP contribution in [0.3, 0.4) is 0 Å². The Morgan fingerprint density at radius 2 is 2.24 bits per heavy atom. The standard InChI is InChI=1S/C16H17F2N3O4/c1-24-8-14-19-15(25-20-14)12-6-21(5-9(12)7-22)16(23)11-4-10(17)2-3-13(11)18/h2-4,9,12,22H,5-8H2,1H3/t9-,12+/m0/s1. The zero-order valence-electron chi connectivity index (χ0n) is 13.5. The number of hydrogen-bond donors (Lipinski definition) is 1. The number of aliphatic hydroxyl groups is 1. The first kappa shape index (κ1) is 17.4. The summed E-state index contributed by atoms with van der Waals surface area (Å²) in [6, 6.07) is 2.72. The second-order valence-corrected chi connectivity index (χ2v) is 5.87. The molecule has 2 heterocycles. The summed E-state index contributed by atoms with van der Waals surface area (Å²) in [6.07, 6.45) is 0. The first-order chi connectivity index (χ1) is 12.0. The van der Waals surface area contributed by atoms with Gasteiger partial charge in [0.15, 0.2) is 5.82 Å². The van der Waals surface area contributed by atoms with Gasteiger partial charge >= 0.3 is 0 Å². The van der Waals surface area contributed by atoms with Crippen LogP contribution in [0.5, 0.6) is 0 Å². The van der Waals surface area contributed by atoms with Crippen LogP contribution in [0.25, 0.3) is 0 Å². The number of aliphatic hydroxyl groups excluding tert-OH is 1. The molecule has 0 radical (unpaired) electrons. The Hall–Kier alpha value is -2.39. The van der Waals surface area contributed by atoms with Crippen LogP contribution in [0.15, 0.2) is 22.7 Å². The van der Waals surface area contributed by atoms with Crippen LogP contribution in [-0.4, -0.2) is 52.9 Å². The Kier molecular flexibility index (Phi) is 5.05. The molecule has 1 saturated heterocycles. The van der Waals surface area contributed by atoms with Crippen LogP contribution in [0.2, 0.25) is 0 Å². The molecule has 1 aliphatic heterocycles. The predicted octanol–water partition coefficient (Wildman–Crippen LogP) is 1.34. The van der Waals surface area contributed by atoms with Crippen molar-refractivity contribution in [3.05, 3.63) is 47.1 Å². The van der Waals surface area contributed by atoms with Gasteiger partial charge in [0.2, 0.25) is 5.89 Å². The van der Waals surface area contributed by atoms with Gasteiger partial charge in [-0.05, 0) is 18.2 Å². The molecule has 1 aliphatic rings. The number of aromatic nitrogens is 2. The summed E-state index contributed by atoms with van der Waals surface area (Å²) in [5.41, 5.74) is -0.344. The third-order valence-corrected chi connectivity index (χ3v) is 4.20. The van der Waals surface area contributed by atoms with Crippen LogP contribution in [0, 0.1) is 17.6 Å². The smallest absolute Gasteiger partial charge is 0.256 e. The molecule has 1 N–H and O–H groups in total. The van der Waals surface area contributed by atoms with Gasteiger partial charge in [0.05, 0.1) is 11.5 Å². The van der Waals surface area contributed by atoms with E-state index in [1.165, 1.54) is 12.0 Å². The summed E-state index contributed by atoms with van der Waals surface area (Å²) in [5, 5.41) is 13.4. The van der Waals surface area contributed by atoms with E-state index in [0.717, 1.165) is 18.2 Å². The van der Waals surface area contributed by atoms with E-state index in [0.29, 0.717) is 5.82 Å². The fraction of sp³-hybridized carbons (Fsp3) is 0.438. The summed E-state index contributed by atoms with van der Waals surface area (Å²) in [4.78, 5) is 18.1. The van der Waals surface area contributed by atoms with Gasteiger partial charge in [-0.2, -0.15) is 4.98 Å². The minimum absolute atomic E-state index is 0.161. The quantitative estimate of drug-likeness (QED) is 0.873. The second kappa shape index (κ2) is 7.24. The number of likely N-dealkylation sites (tertiary alicyclic amines) is 1. The molecule has 1 fully saturated rings. The molecule has 134 valence electrons. The molecule has 7 nitrogen and oxygen atoms in total. The van der Waals surface area contributed by atoms with Gasteiger partial charge in [0, 0.05) is 32.7 Å². The van der Waals surface area contributed by atoms with E-state index in [-0.39, 0.29) is 49.6 Å². The van der Waals surface area contributed by atoms with E-state index in [9.17, 15) is 18.7 Å². The lowest BCUT2D eigenvalue weighted by atomic mass is 9.97. The van der Waals surface area contributed by atoms with Gasteiger partial charge in [-0.25, -0.2) is 8.78 Å². The molecule has 0 spiro atoms. The molecule has 0 bridgehead atoms. The molecule has 1 aromatic heterocycles. The minimum Gasteiger partial charge on any atom is -0.396 e. The molecule has 9 heteroatoms. The van der Waals surface area contributed by atoms with Crippen LogP contribution in [-0.2, 0) is 11.3 Å². The Balaban J connectivity index is 1.80. The summed E-state index contributed by atoms with van der Waals surface area (Å²) in [7, 11) is 1.50. The van der Waals surface area contributed by atoms with Crippen molar-refractivity contribution in [2.45, 2.75) is 12.5 Å². The van der Waals surface area contributed by atoms with E-state index >= 15 is 0 Å². The maximum Gasteiger partial charge on any atom is 0.256 e. The summed E-state index contributed by atoms with van der Waals surface area (Å²) >= 11 is 0. The fourth-order valence-electron chi connectivity index (χ4n) is 2.94. The topological polar surface area (TPSA) is 88.7 Å². The fourth-order valence-corrected chi connectivity index (χ4v) is 2.94. The van der Waals surface area contributed by atoms with Gasteiger partial charge in [0.1, 0.15) is 18.2 Å². The van der Waals surface area contributed by atoms with Crippen molar-refractivity contribution in [3.63, 3.8) is 0 Å². The van der Waals surface area contributed by atoms with Crippen LogP contribution in [0.4, 0.5) is 8.78 Å². The maximum atomic E-state index is 13.8. The normalized spacial score (nSPS) is 20.2. The number of carbonyl (C=O) groups excluding carboxylic acids is 1. The number of halogens is 2. The minimum atomic E-state index is -0.796. The molecular formula is C16H17F2N3O4. The number of rotatable bonds is 5. The Labute approximate surface area is 142 Å². The number of methoxy groups -OCH3 is 1. The lowest BCUT2D eigenvalue weighted by Crippen LogP contribution is -2.30. The van der Waals surface area contributed by atoms with E-state index in [1.807, 2.05) is 0 Å². The van der Waals surface area contributed by atoms with E-state index in [2.05, 4.69) is 10.1 Å². The Morgan fingerprint density at radius 1 is 1.44 bits per heavy atom. The highest BCUT2D eigenvalue weighted by atomic mass is 19.1. The molecule has 3 rings (SSSR count). The lowest BCUT2D eigenvalue weighted by Gasteiger charge is -2.16. The van der Waals surface area contributed by atoms with Crippen LogP contribution in [0.1, 0.15) is 28.0 Å². The number of benzene rings is 1. The highest BCUT2D eigenvalue weighted by Crippen LogP contribution is 2.32. The van der Waals surface area contributed by atoms with Crippen LogP contribution >= 0.6 is 0 Å². The molecule has 0 aliphatic carbocycles. The van der Waals surface area contributed by atoms with Crippen molar-refractivity contribution < 1.29 is 27.9 Å². The zero-order chi connectivity index (χ0) is 18.0. The van der Waals surface area contributed by atoms with Crippen molar-refractivity contribution in [2.24, 2.45) is 5.92 Å². The summed E-state index contributed by atoms with van der Waals surface area (Å²) < 4.78 is 37.3. The molecule has 0 unspecified atom stereocenters. The van der Waals surface area contributed by atoms with Crippen molar-refractivity contribution in [3.8, 4) is 0 Å². The number of amides is 1. The monoisotopic (exact) mass is 353 g/mol. The molecule has 0 saturated carbocycles. The highest BCUT2D eigenvalue weighted by Gasteiger charge is 2.39. The average Bonchev–Trinajstić information content (AvgIpc) is 3.23. The van der Waals surface area contributed by atoms with Crippen molar-refractivity contribution in [1.82, 2.24) is 15.0 Å². The van der Waals surface area contributed by atoms with Gasteiger partial charge in [0.25, 0.3) is 5.91 Å². The van der Waals surface area contributed by atoms with Gasteiger partial charge in [-0.3, -0.25) is 4.79 Å². The number of hydrogen-bond acceptors (Lipinski definition) is 6. The first-order valence-corrected chi connectivity index (χ1v) is 7.70.